The van der Waals surface area contributed by atoms with Gasteiger partial charge in [-0.1, -0.05) is 41.3 Å². The predicted octanol–water partition coefficient (Wildman–Crippen LogP) is 3.95. The molecular weight excluding hydrogens is 384 g/mol. The summed E-state index contributed by atoms with van der Waals surface area (Å²) in [7, 11) is 0. The Kier molecular flexibility index (Phi) is 5.47. The lowest BCUT2D eigenvalue weighted by atomic mass is 9.71. The van der Waals surface area contributed by atoms with Gasteiger partial charge >= 0.3 is 5.97 Å². The first-order valence-corrected chi connectivity index (χ1v) is 9.50. The summed E-state index contributed by atoms with van der Waals surface area (Å²) in [5, 5.41) is 13.3. The van der Waals surface area contributed by atoms with Gasteiger partial charge in [-0.25, -0.2) is 0 Å². The molecule has 1 aromatic heterocycles. The first-order chi connectivity index (χ1) is 12.0. The van der Waals surface area contributed by atoms with Gasteiger partial charge in [0.1, 0.15) is 6.54 Å². The fourth-order valence-corrected chi connectivity index (χ4v) is 4.35. The lowest BCUT2D eigenvalue weighted by Crippen LogP contribution is -2.41. The van der Waals surface area contributed by atoms with Crippen molar-refractivity contribution < 1.29 is 14.7 Å². The van der Waals surface area contributed by atoms with Crippen molar-refractivity contribution >= 4 is 38.7 Å². The molecule has 134 valence electrons. The van der Waals surface area contributed by atoms with Gasteiger partial charge in [0, 0.05) is 28.1 Å². The monoisotopic (exact) mass is 406 g/mol. The number of nitrogens with zero attached hydrogens (tertiary/aromatic N) is 1. The second-order valence-electron chi connectivity index (χ2n) is 7.02. The van der Waals surface area contributed by atoms with Crippen LogP contribution in [0.1, 0.15) is 38.5 Å². The van der Waals surface area contributed by atoms with E-state index in [2.05, 4.69) is 21.2 Å². The van der Waals surface area contributed by atoms with E-state index in [9.17, 15) is 14.7 Å². The normalized spacial score (nSPS) is 16.7. The van der Waals surface area contributed by atoms with E-state index in [1.54, 1.807) is 0 Å². The number of carbonyl (C=O) groups is 2. The average Bonchev–Trinajstić information content (AvgIpc) is 2.98. The fraction of sp³-hybridized carbons (Fsp3) is 0.474. The summed E-state index contributed by atoms with van der Waals surface area (Å²) < 4.78 is 2.92. The molecule has 6 heteroatoms. The van der Waals surface area contributed by atoms with Crippen LogP contribution in [0.25, 0.3) is 10.9 Å². The maximum Gasteiger partial charge on any atom is 0.303 e. The molecule has 0 radical (unpaired) electrons. The van der Waals surface area contributed by atoms with Crippen molar-refractivity contribution in [3.05, 3.63) is 34.9 Å². The molecule has 25 heavy (non-hydrogen) atoms. The summed E-state index contributed by atoms with van der Waals surface area (Å²) in [6.45, 7) is 0.685. The molecule has 1 saturated carbocycles. The summed E-state index contributed by atoms with van der Waals surface area (Å²) in [5.74, 6) is -0.856. The van der Waals surface area contributed by atoms with Crippen molar-refractivity contribution in [2.45, 2.75) is 45.1 Å². The quantitative estimate of drug-likeness (QED) is 0.762. The first kappa shape index (κ1) is 18.0. The number of hydrogen-bond donors (Lipinski definition) is 2. The van der Waals surface area contributed by atoms with Gasteiger partial charge in [0.15, 0.2) is 0 Å². The Morgan fingerprint density at radius 3 is 2.68 bits per heavy atom. The Bertz CT molecular complexity index is 778. The molecule has 1 amide bonds. The molecule has 1 fully saturated rings. The van der Waals surface area contributed by atoms with Crippen LogP contribution in [0.4, 0.5) is 0 Å². The zero-order valence-corrected chi connectivity index (χ0v) is 15.7. The molecule has 0 atom stereocenters. The molecule has 1 aliphatic carbocycles. The van der Waals surface area contributed by atoms with Crippen molar-refractivity contribution in [1.82, 2.24) is 9.88 Å². The Labute approximate surface area is 155 Å². The van der Waals surface area contributed by atoms with Crippen molar-refractivity contribution in [1.29, 1.82) is 0 Å². The number of rotatable bonds is 6. The summed E-state index contributed by atoms with van der Waals surface area (Å²) in [5.41, 5.74) is 0.712. The van der Waals surface area contributed by atoms with Gasteiger partial charge in [-0.3, -0.25) is 9.59 Å². The van der Waals surface area contributed by atoms with E-state index < -0.39 is 5.97 Å². The van der Waals surface area contributed by atoms with Gasteiger partial charge in [0.2, 0.25) is 5.91 Å². The number of amides is 1. The molecule has 0 spiro atoms. The smallest absolute Gasteiger partial charge is 0.303 e. The number of nitrogens with one attached hydrogen (secondary N) is 1. The summed E-state index contributed by atoms with van der Waals surface area (Å²) >= 11 is 3.52. The van der Waals surface area contributed by atoms with E-state index in [0.29, 0.717) is 6.54 Å². The lowest BCUT2D eigenvalue weighted by Gasteiger charge is -2.36. The third-order valence-corrected chi connectivity index (χ3v) is 5.87. The third kappa shape index (κ3) is 4.24. The van der Waals surface area contributed by atoms with Crippen molar-refractivity contribution in [2.75, 3.05) is 6.54 Å². The van der Waals surface area contributed by atoms with Crippen LogP contribution in [0.15, 0.2) is 34.9 Å². The number of aliphatic carboxylic acids is 1. The van der Waals surface area contributed by atoms with Crippen molar-refractivity contribution in [3.63, 3.8) is 0 Å². The highest BCUT2D eigenvalue weighted by Crippen LogP contribution is 2.38. The molecule has 1 heterocycles. The highest BCUT2D eigenvalue weighted by atomic mass is 79.9. The zero-order valence-electron chi connectivity index (χ0n) is 14.1. The van der Waals surface area contributed by atoms with Gasteiger partial charge in [0.05, 0.1) is 6.42 Å². The van der Waals surface area contributed by atoms with Gasteiger partial charge in [-0.15, -0.1) is 0 Å². The number of carboxylic acids is 1. The number of benzene rings is 1. The van der Waals surface area contributed by atoms with Crippen molar-refractivity contribution in [3.8, 4) is 0 Å². The van der Waals surface area contributed by atoms with Crippen molar-refractivity contribution in [2.24, 2.45) is 5.41 Å². The van der Waals surface area contributed by atoms with Gasteiger partial charge in [-0.2, -0.15) is 0 Å². The fourth-order valence-electron chi connectivity index (χ4n) is 3.86. The number of halogens is 1. The second kappa shape index (κ2) is 7.60. The molecule has 0 saturated heterocycles. The number of hydrogen-bond acceptors (Lipinski definition) is 2. The summed E-state index contributed by atoms with van der Waals surface area (Å²) in [6.07, 6.45) is 7.02. The minimum Gasteiger partial charge on any atom is -0.481 e. The highest BCUT2D eigenvalue weighted by molar-refractivity contribution is 9.10. The molecule has 0 bridgehead atoms. The van der Waals surface area contributed by atoms with Gasteiger partial charge in [-0.05, 0) is 36.5 Å². The zero-order chi connectivity index (χ0) is 17.9. The summed E-state index contributed by atoms with van der Waals surface area (Å²) in [4.78, 5) is 23.6. The number of aromatic nitrogens is 1. The van der Waals surface area contributed by atoms with E-state index in [0.717, 1.165) is 47.5 Å². The number of carbonyl (C=O) groups excluding carboxylic acids is 1. The molecular formula is C19H23BrN2O3. The summed E-state index contributed by atoms with van der Waals surface area (Å²) in [6, 6.07) is 7.90. The molecule has 1 aliphatic rings. The van der Waals surface area contributed by atoms with E-state index in [-0.39, 0.29) is 24.3 Å². The van der Waals surface area contributed by atoms with Crippen LogP contribution in [0.2, 0.25) is 0 Å². The first-order valence-electron chi connectivity index (χ1n) is 8.71. The maximum absolute atomic E-state index is 12.4. The largest absolute Gasteiger partial charge is 0.481 e. The second-order valence-corrected chi connectivity index (χ2v) is 7.88. The Hall–Kier alpha value is -1.82. The van der Waals surface area contributed by atoms with Crippen LogP contribution in [0, 0.1) is 5.41 Å². The van der Waals surface area contributed by atoms with E-state index in [1.807, 2.05) is 35.0 Å². The minimum atomic E-state index is -0.780. The minimum absolute atomic E-state index is 0.0761. The number of carboxylic acid groups (broad SMARTS) is 1. The molecule has 0 aliphatic heterocycles. The molecule has 0 unspecified atom stereocenters. The predicted molar refractivity (Wildman–Crippen MR) is 100 cm³/mol. The Balaban J connectivity index is 1.65. The maximum atomic E-state index is 12.4. The van der Waals surface area contributed by atoms with E-state index >= 15 is 0 Å². The SMILES string of the molecule is O=C(O)CC1(CNC(=O)Cn2ccc3c(Br)cccc32)CCCCC1. The molecule has 2 aromatic rings. The van der Waals surface area contributed by atoms with Gasteiger partial charge < -0.3 is 15.0 Å². The van der Waals surface area contributed by atoms with Crippen LogP contribution in [-0.2, 0) is 16.1 Å². The van der Waals surface area contributed by atoms with Crippen LogP contribution in [0.3, 0.4) is 0 Å². The van der Waals surface area contributed by atoms with E-state index in [1.165, 1.54) is 0 Å². The molecule has 3 rings (SSSR count). The van der Waals surface area contributed by atoms with E-state index in [4.69, 9.17) is 0 Å². The highest BCUT2D eigenvalue weighted by Gasteiger charge is 2.34. The molecule has 5 nitrogen and oxygen atoms in total. The van der Waals surface area contributed by atoms with Gasteiger partial charge in [0.25, 0.3) is 0 Å². The number of fused-ring (bicyclic) bond motifs is 1. The average molecular weight is 407 g/mol. The van der Waals surface area contributed by atoms with Crippen LogP contribution in [-0.4, -0.2) is 28.1 Å². The van der Waals surface area contributed by atoms with Crippen LogP contribution in [0.5, 0.6) is 0 Å². The Morgan fingerprint density at radius 2 is 1.96 bits per heavy atom. The topological polar surface area (TPSA) is 71.3 Å². The Morgan fingerprint density at radius 1 is 1.20 bits per heavy atom. The third-order valence-electron chi connectivity index (χ3n) is 5.18. The standard InChI is InChI=1S/C19H23BrN2O3/c20-15-5-4-6-16-14(15)7-10-22(16)12-17(23)21-13-19(11-18(24)25)8-2-1-3-9-19/h4-7,10H,1-3,8-9,11-13H2,(H,21,23)(H,24,25). The molecule has 1 aromatic carbocycles. The van der Waals surface area contributed by atoms with Crippen LogP contribution >= 0.6 is 15.9 Å². The van der Waals surface area contributed by atoms with Crippen LogP contribution < -0.4 is 5.32 Å². The molecule has 2 N–H and O–H groups in total. The lowest BCUT2D eigenvalue weighted by molar-refractivity contribution is -0.140.